The molecule has 2 heterocycles. The van der Waals surface area contributed by atoms with Crippen LogP contribution in [0.5, 0.6) is 0 Å². The zero-order chi connectivity index (χ0) is 22.9. The lowest BCUT2D eigenvalue weighted by Crippen LogP contribution is -2.59. The molecule has 2 atom stereocenters. The van der Waals surface area contributed by atoms with E-state index < -0.39 is 35.5 Å². The van der Waals surface area contributed by atoms with Gasteiger partial charge in [-0.3, -0.25) is 0 Å². The first-order valence-corrected chi connectivity index (χ1v) is 10.5. The highest BCUT2D eigenvalue weighted by atomic mass is 19.4. The molecule has 0 spiro atoms. The van der Waals surface area contributed by atoms with Crippen LogP contribution >= 0.6 is 0 Å². The Morgan fingerprint density at radius 3 is 2.41 bits per heavy atom. The van der Waals surface area contributed by atoms with Crippen LogP contribution in [0.3, 0.4) is 0 Å². The number of hydrogen-bond donors (Lipinski definition) is 1. The molecule has 0 aromatic heterocycles. The van der Waals surface area contributed by atoms with Crippen LogP contribution in [0.4, 0.5) is 18.0 Å². The summed E-state index contributed by atoms with van der Waals surface area (Å²) in [5.41, 5.74) is -2.26. The third-order valence-electron chi connectivity index (χ3n) is 6.38. The number of nitrogens with zero attached hydrogens (tertiary/aromatic N) is 2. The summed E-state index contributed by atoms with van der Waals surface area (Å²) in [5, 5.41) is 20.4. The number of benzene rings is 2. The van der Waals surface area contributed by atoms with E-state index in [-0.39, 0.29) is 30.6 Å². The molecule has 2 saturated heterocycles. The monoisotopic (exact) mass is 444 g/mol. The zero-order valence-corrected chi connectivity index (χ0v) is 17.3. The second kappa shape index (κ2) is 8.47. The van der Waals surface area contributed by atoms with Gasteiger partial charge in [0.1, 0.15) is 6.61 Å². The normalized spacial score (nSPS) is 25.2. The predicted molar refractivity (Wildman–Crippen MR) is 109 cm³/mol. The second-order valence-electron chi connectivity index (χ2n) is 8.50. The molecule has 2 aliphatic rings. The van der Waals surface area contributed by atoms with Gasteiger partial charge in [0.15, 0.2) is 0 Å². The van der Waals surface area contributed by atoms with Crippen LogP contribution in [-0.4, -0.2) is 28.2 Å². The Balaban J connectivity index is 1.58. The number of aliphatic hydroxyl groups is 1. The van der Waals surface area contributed by atoms with Crippen LogP contribution in [0.1, 0.15) is 54.4 Å². The highest BCUT2D eigenvalue weighted by Crippen LogP contribution is 2.48. The van der Waals surface area contributed by atoms with Gasteiger partial charge in [0.2, 0.25) is 0 Å². The molecule has 2 fully saturated rings. The van der Waals surface area contributed by atoms with Gasteiger partial charge in [0.05, 0.1) is 22.8 Å². The Bertz CT molecular complexity index is 1020. The molecular weight excluding hydrogens is 421 g/mol. The third kappa shape index (κ3) is 4.30. The van der Waals surface area contributed by atoms with Crippen LogP contribution in [-0.2, 0) is 23.1 Å². The van der Waals surface area contributed by atoms with Gasteiger partial charge < -0.3 is 14.7 Å². The van der Waals surface area contributed by atoms with Crippen LogP contribution in [0.25, 0.3) is 0 Å². The Kier molecular flexibility index (Phi) is 5.87. The molecule has 4 rings (SSSR count). The predicted octanol–water partition coefficient (Wildman–Crippen LogP) is 5.12. The van der Waals surface area contributed by atoms with Crippen LogP contribution in [0.15, 0.2) is 48.5 Å². The average molecular weight is 444 g/mol. The van der Waals surface area contributed by atoms with Crippen molar-refractivity contribution in [2.45, 2.75) is 62.6 Å². The first kappa shape index (κ1) is 22.2. The fourth-order valence-electron chi connectivity index (χ4n) is 5.00. The van der Waals surface area contributed by atoms with Gasteiger partial charge in [0, 0.05) is 24.9 Å². The van der Waals surface area contributed by atoms with Crippen molar-refractivity contribution in [1.29, 1.82) is 5.26 Å². The summed E-state index contributed by atoms with van der Waals surface area (Å²) in [5.74, 6) is 0. The summed E-state index contributed by atoms with van der Waals surface area (Å²) < 4.78 is 46.7. The fraction of sp³-hybridized carbons (Fsp3) is 0.417. The number of ether oxygens (including phenoxy) is 1. The third-order valence-corrected chi connectivity index (χ3v) is 6.38. The van der Waals surface area contributed by atoms with Crippen molar-refractivity contribution in [3.63, 3.8) is 0 Å². The van der Waals surface area contributed by atoms with Crippen molar-refractivity contribution in [1.82, 2.24) is 4.90 Å². The van der Waals surface area contributed by atoms with Gasteiger partial charge in [-0.1, -0.05) is 36.4 Å². The smallest absolute Gasteiger partial charge is 0.416 e. The number of amides is 1. The summed E-state index contributed by atoms with van der Waals surface area (Å²) in [6.45, 7) is 0.105. The summed E-state index contributed by atoms with van der Waals surface area (Å²) in [4.78, 5) is 14.4. The molecule has 2 bridgehead atoms. The molecule has 0 aliphatic carbocycles. The molecule has 0 saturated carbocycles. The minimum atomic E-state index is -4.71. The molecule has 2 aromatic carbocycles. The number of rotatable bonds is 3. The number of carbonyl (C=O) groups is 1. The van der Waals surface area contributed by atoms with Gasteiger partial charge in [-0.15, -0.1) is 0 Å². The van der Waals surface area contributed by atoms with Crippen molar-refractivity contribution in [2.75, 3.05) is 0 Å². The number of hydrogen-bond acceptors (Lipinski definition) is 4. The minimum absolute atomic E-state index is 0.0150. The van der Waals surface area contributed by atoms with E-state index >= 15 is 0 Å². The summed E-state index contributed by atoms with van der Waals surface area (Å²) in [6, 6.07) is 13.4. The zero-order valence-electron chi connectivity index (χ0n) is 17.3. The van der Waals surface area contributed by atoms with Crippen LogP contribution in [0.2, 0.25) is 0 Å². The van der Waals surface area contributed by atoms with E-state index in [1.165, 1.54) is 12.1 Å². The molecule has 1 N–H and O–H groups in total. The number of nitriles is 1. The SMILES string of the molecule is N#Cc1ccc(C2(O)CC3CCCC(C2)N3C(=O)OCc2ccccc2)c(C(F)(F)F)c1. The number of fused-ring (bicyclic) bond motifs is 2. The van der Waals surface area contributed by atoms with Crippen molar-refractivity contribution in [3.05, 3.63) is 70.8 Å². The lowest BCUT2D eigenvalue weighted by Gasteiger charge is -2.51. The Morgan fingerprint density at radius 2 is 1.81 bits per heavy atom. The van der Waals surface area contributed by atoms with E-state index in [9.17, 15) is 23.1 Å². The van der Waals surface area contributed by atoms with E-state index in [0.717, 1.165) is 18.1 Å². The van der Waals surface area contributed by atoms with Gasteiger partial charge in [-0.25, -0.2) is 4.79 Å². The highest BCUT2D eigenvalue weighted by Gasteiger charge is 2.51. The molecule has 32 heavy (non-hydrogen) atoms. The summed E-state index contributed by atoms with van der Waals surface area (Å²) in [6.07, 6.45) is -3.26. The van der Waals surface area contributed by atoms with E-state index in [2.05, 4.69) is 0 Å². The lowest BCUT2D eigenvalue weighted by atomic mass is 9.71. The van der Waals surface area contributed by atoms with E-state index in [1.54, 1.807) is 11.0 Å². The largest absolute Gasteiger partial charge is 0.445 e. The van der Waals surface area contributed by atoms with Gasteiger partial charge in [-0.2, -0.15) is 18.4 Å². The topological polar surface area (TPSA) is 73.6 Å². The maximum atomic E-state index is 13.7. The Labute approximate surface area is 184 Å². The minimum Gasteiger partial charge on any atom is -0.445 e. The Hall–Kier alpha value is -3.05. The van der Waals surface area contributed by atoms with Gasteiger partial charge in [0.25, 0.3) is 0 Å². The quantitative estimate of drug-likeness (QED) is 0.713. The number of carbonyl (C=O) groups excluding carboxylic acids is 1. The first-order chi connectivity index (χ1) is 15.2. The van der Waals surface area contributed by atoms with Crippen molar-refractivity contribution < 1.29 is 27.8 Å². The maximum absolute atomic E-state index is 13.7. The summed E-state index contributed by atoms with van der Waals surface area (Å²) in [7, 11) is 0. The van der Waals surface area contributed by atoms with Gasteiger partial charge >= 0.3 is 12.3 Å². The highest BCUT2D eigenvalue weighted by molar-refractivity contribution is 5.69. The molecule has 2 unspecified atom stereocenters. The Morgan fingerprint density at radius 1 is 1.16 bits per heavy atom. The van der Waals surface area contributed by atoms with E-state index in [4.69, 9.17) is 10.00 Å². The molecule has 2 aliphatic heterocycles. The van der Waals surface area contributed by atoms with Crippen molar-refractivity contribution in [2.24, 2.45) is 0 Å². The number of halogens is 3. The molecule has 5 nitrogen and oxygen atoms in total. The number of piperidine rings is 2. The van der Waals surface area contributed by atoms with Gasteiger partial charge in [-0.05, 0) is 42.5 Å². The summed E-state index contributed by atoms with van der Waals surface area (Å²) >= 11 is 0. The van der Waals surface area contributed by atoms with E-state index in [1.807, 2.05) is 30.3 Å². The van der Waals surface area contributed by atoms with Crippen molar-refractivity contribution in [3.8, 4) is 6.07 Å². The number of alkyl halides is 3. The van der Waals surface area contributed by atoms with E-state index in [0.29, 0.717) is 12.8 Å². The van der Waals surface area contributed by atoms with Crippen LogP contribution < -0.4 is 0 Å². The van der Waals surface area contributed by atoms with Crippen LogP contribution in [0, 0.1) is 11.3 Å². The fourth-order valence-corrected chi connectivity index (χ4v) is 5.00. The standard InChI is InChI=1S/C24H23F3N2O3/c25-24(26,27)21-11-17(14-28)9-10-20(21)23(31)12-18-7-4-8-19(13-23)29(18)22(30)32-15-16-5-2-1-3-6-16/h1-3,5-6,9-11,18-19,31H,4,7-8,12-13,15H2. The average Bonchev–Trinajstić information content (AvgIpc) is 2.76. The molecule has 0 radical (unpaired) electrons. The lowest BCUT2D eigenvalue weighted by molar-refractivity contribution is -0.144. The molecular formula is C24H23F3N2O3. The molecule has 168 valence electrons. The second-order valence-corrected chi connectivity index (χ2v) is 8.50. The maximum Gasteiger partial charge on any atom is 0.416 e. The molecule has 8 heteroatoms. The molecule has 1 amide bonds. The molecule has 2 aromatic rings. The first-order valence-electron chi connectivity index (χ1n) is 10.5. The van der Waals surface area contributed by atoms with Crippen molar-refractivity contribution >= 4 is 6.09 Å².